The second-order valence-corrected chi connectivity index (χ2v) is 7.10. The van der Waals surface area contributed by atoms with Crippen molar-refractivity contribution in [3.05, 3.63) is 52.6 Å². The first-order valence-corrected chi connectivity index (χ1v) is 9.56. The maximum absolute atomic E-state index is 13.5. The molecule has 0 bridgehead atoms. The molecule has 1 heterocycles. The third-order valence-electron chi connectivity index (χ3n) is 4.24. The maximum Gasteiger partial charge on any atom is 0.272 e. The molecule has 24 heavy (non-hydrogen) atoms. The topological polar surface area (TPSA) is 57.8 Å². The Kier molecular flexibility index (Phi) is 5.91. The molecular formula is C18H22FN3OS. The van der Waals surface area contributed by atoms with Crippen molar-refractivity contribution in [1.29, 1.82) is 0 Å². The van der Waals surface area contributed by atoms with E-state index in [1.807, 2.05) is 12.1 Å². The predicted molar refractivity (Wildman–Crippen MR) is 94.7 cm³/mol. The van der Waals surface area contributed by atoms with Crippen LogP contribution in [0.15, 0.2) is 24.3 Å². The normalized spacial score (nSPS) is 13.5. The molecule has 1 aliphatic rings. The molecule has 0 atom stereocenters. The van der Waals surface area contributed by atoms with Gasteiger partial charge in [-0.2, -0.15) is 16.9 Å². The van der Waals surface area contributed by atoms with Gasteiger partial charge in [0.1, 0.15) is 5.82 Å². The van der Waals surface area contributed by atoms with E-state index in [0.29, 0.717) is 18.0 Å². The fourth-order valence-corrected chi connectivity index (χ4v) is 3.87. The predicted octanol–water partition coefficient (Wildman–Crippen LogP) is 3.48. The van der Waals surface area contributed by atoms with Crippen molar-refractivity contribution >= 4 is 17.7 Å². The van der Waals surface area contributed by atoms with Crippen LogP contribution in [0.2, 0.25) is 0 Å². The summed E-state index contributed by atoms with van der Waals surface area (Å²) in [5.41, 5.74) is 3.50. The first-order chi connectivity index (χ1) is 11.8. The lowest BCUT2D eigenvalue weighted by atomic mass is 9.96. The Hall–Kier alpha value is -1.82. The molecular weight excluding hydrogens is 325 g/mol. The fourth-order valence-electron chi connectivity index (χ4n) is 2.93. The number of aromatic amines is 1. The van der Waals surface area contributed by atoms with Gasteiger partial charge in [-0.3, -0.25) is 9.89 Å². The second kappa shape index (κ2) is 8.33. The van der Waals surface area contributed by atoms with Crippen LogP contribution in [0.4, 0.5) is 4.39 Å². The van der Waals surface area contributed by atoms with Gasteiger partial charge in [-0.05, 0) is 49.5 Å². The SMILES string of the molecule is O=C(NCCCSCc1ccccc1F)c1n[nH]c2c1CCCC2. The standard InChI is InChI=1S/C18H22FN3OS/c19-15-8-3-1-6-13(15)12-24-11-5-10-20-18(23)17-14-7-2-4-9-16(14)21-22-17/h1,3,6,8H,2,4-5,7,9-12H2,(H,20,23)(H,21,22). The first-order valence-electron chi connectivity index (χ1n) is 8.41. The number of aromatic nitrogens is 2. The quantitative estimate of drug-likeness (QED) is 0.754. The molecule has 6 heteroatoms. The average Bonchev–Trinajstić information content (AvgIpc) is 3.03. The van der Waals surface area contributed by atoms with Crippen LogP contribution in [0.25, 0.3) is 0 Å². The first kappa shape index (κ1) is 17.0. The summed E-state index contributed by atoms with van der Waals surface area (Å²) < 4.78 is 13.5. The third kappa shape index (κ3) is 4.17. The number of amides is 1. The number of H-pyrrole nitrogens is 1. The highest BCUT2D eigenvalue weighted by atomic mass is 32.2. The second-order valence-electron chi connectivity index (χ2n) is 5.99. The van der Waals surface area contributed by atoms with Crippen LogP contribution in [-0.2, 0) is 18.6 Å². The van der Waals surface area contributed by atoms with E-state index in [4.69, 9.17) is 0 Å². The van der Waals surface area contributed by atoms with E-state index in [2.05, 4.69) is 15.5 Å². The summed E-state index contributed by atoms with van der Waals surface area (Å²) in [6.45, 7) is 0.616. The molecule has 2 N–H and O–H groups in total. The molecule has 1 aromatic heterocycles. The van der Waals surface area contributed by atoms with Crippen molar-refractivity contribution in [2.75, 3.05) is 12.3 Å². The highest BCUT2D eigenvalue weighted by Gasteiger charge is 2.21. The molecule has 1 aromatic carbocycles. The van der Waals surface area contributed by atoms with E-state index in [9.17, 15) is 9.18 Å². The van der Waals surface area contributed by atoms with Crippen LogP contribution >= 0.6 is 11.8 Å². The molecule has 2 aromatic rings. The number of aryl methyl sites for hydroxylation is 1. The summed E-state index contributed by atoms with van der Waals surface area (Å²) in [5.74, 6) is 1.30. The number of hydrogen-bond acceptors (Lipinski definition) is 3. The zero-order valence-corrected chi connectivity index (χ0v) is 14.4. The number of rotatable bonds is 7. The Morgan fingerprint density at radius 2 is 2.12 bits per heavy atom. The van der Waals surface area contributed by atoms with Crippen LogP contribution in [0.5, 0.6) is 0 Å². The lowest BCUT2D eigenvalue weighted by molar-refractivity contribution is 0.0947. The van der Waals surface area contributed by atoms with Crippen molar-refractivity contribution in [3.63, 3.8) is 0 Å². The van der Waals surface area contributed by atoms with Gasteiger partial charge in [0.05, 0.1) is 0 Å². The Balaban J connectivity index is 1.37. The number of nitrogens with one attached hydrogen (secondary N) is 2. The highest BCUT2D eigenvalue weighted by molar-refractivity contribution is 7.98. The molecule has 1 aliphatic carbocycles. The monoisotopic (exact) mass is 347 g/mol. The number of benzene rings is 1. The smallest absolute Gasteiger partial charge is 0.272 e. The van der Waals surface area contributed by atoms with Gasteiger partial charge in [-0.25, -0.2) is 4.39 Å². The van der Waals surface area contributed by atoms with Gasteiger partial charge >= 0.3 is 0 Å². The molecule has 4 nitrogen and oxygen atoms in total. The van der Waals surface area contributed by atoms with Crippen molar-refractivity contribution in [2.45, 2.75) is 37.9 Å². The molecule has 128 valence electrons. The Labute approximate surface area is 145 Å². The van der Waals surface area contributed by atoms with Gasteiger partial charge in [0.15, 0.2) is 5.69 Å². The van der Waals surface area contributed by atoms with Gasteiger partial charge in [0.25, 0.3) is 5.91 Å². The minimum absolute atomic E-state index is 0.0893. The summed E-state index contributed by atoms with van der Waals surface area (Å²) in [6, 6.07) is 6.85. The van der Waals surface area contributed by atoms with E-state index in [0.717, 1.165) is 54.7 Å². The van der Waals surface area contributed by atoms with E-state index in [1.54, 1.807) is 17.8 Å². The van der Waals surface area contributed by atoms with Crippen LogP contribution in [0, 0.1) is 5.82 Å². The van der Waals surface area contributed by atoms with Crippen LogP contribution in [0.1, 0.15) is 46.6 Å². The molecule has 0 radical (unpaired) electrons. The van der Waals surface area contributed by atoms with Gasteiger partial charge < -0.3 is 5.32 Å². The summed E-state index contributed by atoms with van der Waals surface area (Å²) in [4.78, 5) is 12.2. The van der Waals surface area contributed by atoms with E-state index < -0.39 is 0 Å². The minimum Gasteiger partial charge on any atom is -0.351 e. The molecule has 0 spiro atoms. The lowest BCUT2D eigenvalue weighted by Crippen LogP contribution is -2.26. The number of thioether (sulfide) groups is 1. The largest absolute Gasteiger partial charge is 0.351 e. The molecule has 0 saturated heterocycles. The number of fused-ring (bicyclic) bond motifs is 1. The number of carbonyl (C=O) groups excluding carboxylic acids is 1. The van der Waals surface area contributed by atoms with Crippen molar-refractivity contribution in [3.8, 4) is 0 Å². The molecule has 1 amide bonds. The lowest BCUT2D eigenvalue weighted by Gasteiger charge is -2.11. The Bertz CT molecular complexity index is 701. The zero-order chi connectivity index (χ0) is 16.8. The maximum atomic E-state index is 13.5. The molecule has 0 fully saturated rings. The van der Waals surface area contributed by atoms with E-state index >= 15 is 0 Å². The van der Waals surface area contributed by atoms with Gasteiger partial charge in [-0.1, -0.05) is 18.2 Å². The van der Waals surface area contributed by atoms with Crippen LogP contribution in [-0.4, -0.2) is 28.4 Å². The minimum atomic E-state index is -0.151. The van der Waals surface area contributed by atoms with E-state index in [1.165, 1.54) is 6.07 Å². The summed E-state index contributed by atoms with van der Waals surface area (Å²) in [7, 11) is 0. The van der Waals surface area contributed by atoms with Gasteiger partial charge in [0, 0.05) is 23.6 Å². The Morgan fingerprint density at radius 3 is 3.00 bits per heavy atom. The highest BCUT2D eigenvalue weighted by Crippen LogP contribution is 2.22. The number of hydrogen-bond donors (Lipinski definition) is 2. The number of halogens is 1. The van der Waals surface area contributed by atoms with Crippen molar-refractivity contribution < 1.29 is 9.18 Å². The van der Waals surface area contributed by atoms with Crippen molar-refractivity contribution in [1.82, 2.24) is 15.5 Å². The third-order valence-corrected chi connectivity index (χ3v) is 5.33. The molecule has 0 saturated carbocycles. The van der Waals surface area contributed by atoms with Crippen molar-refractivity contribution in [2.24, 2.45) is 0 Å². The van der Waals surface area contributed by atoms with Crippen LogP contribution < -0.4 is 5.32 Å². The summed E-state index contributed by atoms with van der Waals surface area (Å²) in [6.07, 6.45) is 5.07. The van der Waals surface area contributed by atoms with Gasteiger partial charge in [0.2, 0.25) is 0 Å². The Morgan fingerprint density at radius 1 is 1.29 bits per heavy atom. The summed E-state index contributed by atoms with van der Waals surface area (Å²) >= 11 is 1.68. The molecule has 0 unspecified atom stereocenters. The summed E-state index contributed by atoms with van der Waals surface area (Å²) in [5, 5.41) is 10.1. The molecule has 0 aliphatic heterocycles. The number of carbonyl (C=O) groups is 1. The molecule has 3 rings (SSSR count). The zero-order valence-electron chi connectivity index (χ0n) is 13.6. The number of nitrogens with zero attached hydrogens (tertiary/aromatic N) is 1. The fraction of sp³-hybridized carbons (Fsp3) is 0.444. The van der Waals surface area contributed by atoms with Crippen LogP contribution in [0.3, 0.4) is 0 Å². The van der Waals surface area contributed by atoms with Gasteiger partial charge in [-0.15, -0.1) is 0 Å². The van der Waals surface area contributed by atoms with E-state index in [-0.39, 0.29) is 11.7 Å². The average molecular weight is 347 g/mol.